The van der Waals surface area contributed by atoms with Crippen LogP contribution >= 0.6 is 15.9 Å². The van der Waals surface area contributed by atoms with Crippen molar-refractivity contribution < 1.29 is 14.4 Å². The minimum absolute atomic E-state index is 0.0928. The highest BCUT2D eigenvalue weighted by atomic mass is 79.9. The molecule has 4 amide bonds. The first kappa shape index (κ1) is 17.1. The zero-order valence-electron chi connectivity index (χ0n) is 13.7. The third-order valence-electron chi connectivity index (χ3n) is 4.06. The van der Waals surface area contributed by atoms with Crippen molar-refractivity contribution in [2.75, 3.05) is 4.90 Å². The van der Waals surface area contributed by atoms with Gasteiger partial charge in [-0.05, 0) is 54.8 Å². The van der Waals surface area contributed by atoms with E-state index < -0.39 is 17.8 Å². The minimum Gasteiger partial charge on any atom is -0.273 e. The molecular weight excluding hydrogens is 384 g/mol. The number of hydrogen-bond donors (Lipinski definition) is 1. The van der Waals surface area contributed by atoms with Crippen LogP contribution in [0.3, 0.4) is 0 Å². The lowest BCUT2D eigenvalue weighted by Crippen LogP contribution is -2.54. The molecule has 1 aliphatic heterocycles. The van der Waals surface area contributed by atoms with Crippen molar-refractivity contribution in [2.45, 2.75) is 13.8 Å². The second-order valence-corrected chi connectivity index (χ2v) is 6.60. The first-order valence-corrected chi connectivity index (χ1v) is 8.41. The molecule has 0 radical (unpaired) electrons. The fourth-order valence-corrected chi connectivity index (χ4v) is 2.90. The Kier molecular flexibility index (Phi) is 4.55. The number of carbonyl (C=O) groups is 3. The molecule has 25 heavy (non-hydrogen) atoms. The summed E-state index contributed by atoms with van der Waals surface area (Å²) in [7, 11) is 0. The van der Waals surface area contributed by atoms with Gasteiger partial charge in [0.1, 0.15) is 5.57 Å². The fraction of sp³-hybridized carbons (Fsp3) is 0.105. The summed E-state index contributed by atoms with van der Waals surface area (Å²) in [5.41, 5.74) is 3.01. The van der Waals surface area contributed by atoms with Gasteiger partial charge >= 0.3 is 6.03 Å². The van der Waals surface area contributed by atoms with Gasteiger partial charge in [0.05, 0.1) is 5.69 Å². The number of nitrogens with zero attached hydrogens (tertiary/aromatic N) is 1. The number of benzene rings is 2. The summed E-state index contributed by atoms with van der Waals surface area (Å²) in [5.74, 6) is -1.35. The Balaban J connectivity index is 2.05. The third kappa shape index (κ3) is 3.25. The van der Waals surface area contributed by atoms with Crippen molar-refractivity contribution >= 4 is 45.5 Å². The van der Waals surface area contributed by atoms with Crippen LogP contribution in [-0.4, -0.2) is 17.8 Å². The Labute approximate surface area is 153 Å². The predicted molar refractivity (Wildman–Crippen MR) is 99.1 cm³/mol. The maximum atomic E-state index is 12.8. The van der Waals surface area contributed by atoms with Gasteiger partial charge in [-0.15, -0.1) is 0 Å². The summed E-state index contributed by atoms with van der Waals surface area (Å²) in [6.07, 6.45) is 1.47. The van der Waals surface area contributed by atoms with Crippen LogP contribution in [0.15, 0.2) is 52.5 Å². The van der Waals surface area contributed by atoms with E-state index in [2.05, 4.69) is 21.2 Å². The van der Waals surface area contributed by atoms with Crippen molar-refractivity contribution in [3.63, 3.8) is 0 Å². The van der Waals surface area contributed by atoms with Gasteiger partial charge in [-0.2, -0.15) is 0 Å². The first-order chi connectivity index (χ1) is 11.9. The minimum atomic E-state index is -0.748. The lowest BCUT2D eigenvalue weighted by Gasteiger charge is -2.26. The number of urea groups is 1. The van der Waals surface area contributed by atoms with Crippen molar-refractivity contribution in [2.24, 2.45) is 0 Å². The number of rotatable bonds is 2. The molecule has 0 bridgehead atoms. The van der Waals surface area contributed by atoms with E-state index in [1.807, 2.05) is 32.0 Å². The predicted octanol–water partition coefficient (Wildman–Crippen LogP) is 3.73. The van der Waals surface area contributed by atoms with Crippen molar-refractivity contribution in [3.8, 4) is 0 Å². The van der Waals surface area contributed by atoms with Crippen LogP contribution in [-0.2, 0) is 9.59 Å². The second-order valence-electron chi connectivity index (χ2n) is 5.75. The molecule has 0 aliphatic carbocycles. The Bertz CT molecular complexity index is 934. The Morgan fingerprint density at radius 1 is 1.00 bits per heavy atom. The van der Waals surface area contributed by atoms with E-state index in [1.165, 1.54) is 6.08 Å². The maximum Gasteiger partial charge on any atom is 0.335 e. The van der Waals surface area contributed by atoms with E-state index >= 15 is 0 Å². The summed E-state index contributed by atoms with van der Waals surface area (Å²) >= 11 is 3.38. The SMILES string of the molecule is Cc1ccc(N2C(=O)NC(=O)/C(=C\c3ccccc3Br)C2=O)cc1C. The number of hydrogen-bond acceptors (Lipinski definition) is 3. The molecule has 1 heterocycles. The smallest absolute Gasteiger partial charge is 0.273 e. The van der Waals surface area contributed by atoms with E-state index in [4.69, 9.17) is 0 Å². The highest BCUT2D eigenvalue weighted by Crippen LogP contribution is 2.25. The summed E-state index contributed by atoms with van der Waals surface area (Å²) in [6.45, 7) is 3.84. The number of anilines is 1. The van der Waals surface area contributed by atoms with Gasteiger partial charge in [-0.3, -0.25) is 14.9 Å². The van der Waals surface area contributed by atoms with Gasteiger partial charge in [-0.25, -0.2) is 9.69 Å². The topological polar surface area (TPSA) is 66.5 Å². The van der Waals surface area contributed by atoms with Gasteiger partial charge in [0.25, 0.3) is 11.8 Å². The Morgan fingerprint density at radius 2 is 1.72 bits per heavy atom. The molecule has 0 spiro atoms. The van der Waals surface area contributed by atoms with E-state index in [0.717, 1.165) is 20.5 Å². The Morgan fingerprint density at radius 3 is 2.40 bits per heavy atom. The maximum absolute atomic E-state index is 12.8. The van der Waals surface area contributed by atoms with E-state index in [0.29, 0.717) is 11.3 Å². The molecule has 1 fully saturated rings. The van der Waals surface area contributed by atoms with E-state index in [9.17, 15) is 14.4 Å². The van der Waals surface area contributed by atoms with Crippen LogP contribution in [0.25, 0.3) is 6.08 Å². The quantitative estimate of drug-likeness (QED) is 0.618. The lowest BCUT2D eigenvalue weighted by molar-refractivity contribution is -0.122. The molecule has 1 aliphatic rings. The average Bonchev–Trinajstić information content (AvgIpc) is 2.56. The molecule has 1 saturated heterocycles. The molecule has 2 aromatic carbocycles. The number of carbonyl (C=O) groups excluding carboxylic acids is 3. The number of nitrogens with one attached hydrogen (secondary N) is 1. The van der Waals surface area contributed by atoms with Crippen LogP contribution in [0.1, 0.15) is 16.7 Å². The molecule has 0 atom stereocenters. The van der Waals surface area contributed by atoms with Gasteiger partial charge in [0.2, 0.25) is 0 Å². The summed E-state index contributed by atoms with van der Waals surface area (Å²) in [4.78, 5) is 38.2. The molecule has 126 valence electrons. The van der Waals surface area contributed by atoms with Crippen LogP contribution in [0.4, 0.5) is 10.5 Å². The summed E-state index contributed by atoms with van der Waals surface area (Å²) in [5, 5.41) is 2.23. The third-order valence-corrected chi connectivity index (χ3v) is 4.78. The van der Waals surface area contributed by atoms with E-state index in [-0.39, 0.29) is 5.57 Å². The average molecular weight is 399 g/mol. The molecule has 6 heteroatoms. The zero-order valence-corrected chi connectivity index (χ0v) is 15.3. The van der Waals surface area contributed by atoms with Gasteiger partial charge in [-0.1, -0.05) is 40.2 Å². The monoisotopic (exact) mass is 398 g/mol. The molecule has 0 unspecified atom stereocenters. The number of barbiturate groups is 1. The highest BCUT2D eigenvalue weighted by Gasteiger charge is 2.36. The van der Waals surface area contributed by atoms with Crippen LogP contribution in [0, 0.1) is 13.8 Å². The lowest BCUT2D eigenvalue weighted by atomic mass is 10.1. The number of imide groups is 2. The fourth-order valence-electron chi connectivity index (χ4n) is 2.50. The van der Waals surface area contributed by atoms with Gasteiger partial charge < -0.3 is 0 Å². The molecule has 0 saturated carbocycles. The Hall–Kier alpha value is -2.73. The number of halogens is 1. The van der Waals surface area contributed by atoms with Crippen LogP contribution in [0.2, 0.25) is 0 Å². The summed E-state index contributed by atoms with van der Waals surface area (Å²) in [6, 6.07) is 11.7. The second kappa shape index (κ2) is 6.64. The molecule has 1 N–H and O–H groups in total. The van der Waals surface area contributed by atoms with Gasteiger partial charge in [0.15, 0.2) is 0 Å². The van der Waals surface area contributed by atoms with Crippen molar-refractivity contribution in [1.82, 2.24) is 5.32 Å². The largest absolute Gasteiger partial charge is 0.335 e. The number of aryl methyl sites for hydroxylation is 2. The molecule has 2 aromatic rings. The van der Waals surface area contributed by atoms with Crippen molar-refractivity contribution in [3.05, 3.63) is 69.2 Å². The number of amides is 4. The van der Waals surface area contributed by atoms with E-state index in [1.54, 1.807) is 24.3 Å². The zero-order chi connectivity index (χ0) is 18.1. The highest BCUT2D eigenvalue weighted by molar-refractivity contribution is 9.10. The molecule has 5 nitrogen and oxygen atoms in total. The molecule has 3 rings (SSSR count). The molecule has 0 aromatic heterocycles. The van der Waals surface area contributed by atoms with Crippen LogP contribution < -0.4 is 10.2 Å². The van der Waals surface area contributed by atoms with Crippen molar-refractivity contribution in [1.29, 1.82) is 0 Å². The normalized spacial score (nSPS) is 16.4. The first-order valence-electron chi connectivity index (χ1n) is 7.61. The van der Waals surface area contributed by atoms with Crippen LogP contribution in [0.5, 0.6) is 0 Å². The standard InChI is InChI=1S/C19H15BrN2O3/c1-11-7-8-14(9-12(11)2)22-18(24)15(17(23)21-19(22)25)10-13-5-3-4-6-16(13)20/h3-10H,1-2H3,(H,21,23,25)/b15-10+. The summed E-state index contributed by atoms with van der Waals surface area (Å²) < 4.78 is 0.748. The molecular formula is C19H15BrN2O3. The van der Waals surface area contributed by atoms with Gasteiger partial charge in [0, 0.05) is 4.47 Å².